The van der Waals surface area contributed by atoms with Crippen LogP contribution in [0.5, 0.6) is 0 Å². The van der Waals surface area contributed by atoms with Gasteiger partial charge < -0.3 is 15.0 Å². The van der Waals surface area contributed by atoms with E-state index in [4.69, 9.17) is 4.74 Å². The Balaban J connectivity index is 1.76. The summed E-state index contributed by atoms with van der Waals surface area (Å²) >= 11 is 1.59. The summed E-state index contributed by atoms with van der Waals surface area (Å²) in [4.78, 5) is 29.5. The van der Waals surface area contributed by atoms with E-state index in [0.29, 0.717) is 19.4 Å². The van der Waals surface area contributed by atoms with E-state index in [1.165, 1.54) is 19.3 Å². The van der Waals surface area contributed by atoms with E-state index in [9.17, 15) is 9.59 Å². The molecule has 5 nitrogen and oxygen atoms in total. The van der Waals surface area contributed by atoms with E-state index in [1.54, 1.807) is 16.2 Å². The van der Waals surface area contributed by atoms with Gasteiger partial charge in [-0.3, -0.25) is 9.59 Å². The Kier molecular flexibility index (Phi) is 7.52. The zero-order chi connectivity index (χ0) is 20.0. The highest BCUT2D eigenvalue weighted by atomic mass is 32.1. The first-order chi connectivity index (χ1) is 13.5. The molecule has 2 amide bonds. The van der Waals surface area contributed by atoms with Crippen molar-refractivity contribution in [3.63, 3.8) is 0 Å². The smallest absolute Gasteiger partial charge is 0.245 e. The molecule has 0 bridgehead atoms. The largest absolute Gasteiger partial charge is 0.376 e. The lowest BCUT2D eigenvalue weighted by atomic mass is 9.90. The quantitative estimate of drug-likeness (QED) is 0.712. The topological polar surface area (TPSA) is 58.6 Å². The molecule has 1 aromatic heterocycles. The lowest BCUT2D eigenvalue weighted by Gasteiger charge is -2.42. The van der Waals surface area contributed by atoms with Crippen LogP contribution in [0.2, 0.25) is 0 Å². The number of thiophene rings is 1. The second-order valence-corrected chi connectivity index (χ2v) is 9.36. The molecule has 2 aliphatic rings. The minimum absolute atomic E-state index is 0.0144. The van der Waals surface area contributed by atoms with Crippen molar-refractivity contribution in [1.82, 2.24) is 10.2 Å². The first kappa shape index (κ1) is 21.3. The average molecular weight is 407 g/mol. The Hall–Kier alpha value is -1.40. The van der Waals surface area contributed by atoms with Gasteiger partial charge >= 0.3 is 0 Å². The molecule has 3 rings (SSSR count). The maximum atomic E-state index is 13.3. The molecule has 1 aliphatic heterocycles. The predicted molar refractivity (Wildman–Crippen MR) is 112 cm³/mol. The summed E-state index contributed by atoms with van der Waals surface area (Å²) in [5, 5.41) is 5.25. The summed E-state index contributed by atoms with van der Waals surface area (Å²) in [5.41, 5.74) is -0.849. The number of nitrogens with one attached hydrogen (secondary N) is 1. The fourth-order valence-electron chi connectivity index (χ4n) is 4.29. The van der Waals surface area contributed by atoms with Crippen LogP contribution in [0, 0.1) is 0 Å². The lowest BCUT2D eigenvalue weighted by Crippen LogP contribution is -2.61. The second kappa shape index (κ2) is 9.88. The van der Waals surface area contributed by atoms with E-state index < -0.39 is 5.54 Å². The van der Waals surface area contributed by atoms with Gasteiger partial charge in [0, 0.05) is 24.1 Å². The third-order valence-corrected chi connectivity index (χ3v) is 7.21. The van der Waals surface area contributed by atoms with Crippen molar-refractivity contribution < 1.29 is 14.3 Å². The number of carbonyl (C=O) groups excluding carboxylic acids is 2. The summed E-state index contributed by atoms with van der Waals surface area (Å²) in [6, 6.07) is 4.19. The van der Waals surface area contributed by atoms with Crippen molar-refractivity contribution in [1.29, 1.82) is 0 Å². The van der Waals surface area contributed by atoms with Crippen molar-refractivity contribution in [2.24, 2.45) is 0 Å². The summed E-state index contributed by atoms with van der Waals surface area (Å²) in [6.07, 6.45) is 8.62. The molecule has 1 saturated carbocycles. The van der Waals surface area contributed by atoms with Gasteiger partial charge in [0.05, 0.1) is 12.5 Å². The van der Waals surface area contributed by atoms with Gasteiger partial charge in [-0.1, -0.05) is 32.3 Å². The summed E-state index contributed by atoms with van der Waals surface area (Å²) in [5.74, 6) is 0.000482. The van der Waals surface area contributed by atoms with Gasteiger partial charge in [0.2, 0.25) is 11.8 Å². The average Bonchev–Trinajstić information content (AvgIpc) is 3.40. The molecule has 0 unspecified atom stereocenters. The molecule has 2 heterocycles. The molecule has 0 radical (unpaired) electrons. The van der Waals surface area contributed by atoms with E-state index in [0.717, 1.165) is 37.2 Å². The van der Waals surface area contributed by atoms with Gasteiger partial charge in [-0.25, -0.2) is 0 Å². The molecule has 1 aromatic rings. The molecule has 6 heteroatoms. The number of hydrogen-bond acceptors (Lipinski definition) is 4. The summed E-state index contributed by atoms with van der Waals surface area (Å²) in [7, 11) is 0. The third kappa shape index (κ3) is 5.15. The monoisotopic (exact) mass is 406 g/mol. The first-order valence-electron chi connectivity index (χ1n) is 10.8. The van der Waals surface area contributed by atoms with Crippen LogP contribution in [0.25, 0.3) is 0 Å². The number of carbonyl (C=O) groups is 2. The molecule has 2 fully saturated rings. The molecule has 1 aliphatic carbocycles. The maximum absolute atomic E-state index is 13.3. The minimum Gasteiger partial charge on any atom is -0.376 e. The van der Waals surface area contributed by atoms with Gasteiger partial charge in [-0.15, -0.1) is 11.3 Å². The molecule has 28 heavy (non-hydrogen) atoms. The summed E-state index contributed by atoms with van der Waals surface area (Å²) in [6.45, 7) is 5.16. The third-order valence-electron chi connectivity index (χ3n) is 6.33. The molecule has 156 valence electrons. The molecule has 0 spiro atoms. The molecule has 1 saturated heterocycles. The van der Waals surface area contributed by atoms with Crippen LogP contribution in [-0.4, -0.2) is 47.6 Å². The first-order valence-corrected chi connectivity index (χ1v) is 11.7. The summed E-state index contributed by atoms with van der Waals surface area (Å²) < 4.78 is 5.82. The Bertz CT molecular complexity index is 636. The zero-order valence-corrected chi connectivity index (χ0v) is 18.1. The van der Waals surface area contributed by atoms with Crippen LogP contribution in [0.4, 0.5) is 0 Å². The van der Waals surface area contributed by atoms with Crippen molar-refractivity contribution in [2.45, 2.75) is 89.3 Å². The van der Waals surface area contributed by atoms with Crippen molar-refractivity contribution in [3.05, 3.63) is 22.4 Å². The Morgan fingerprint density at radius 1 is 1.25 bits per heavy atom. The highest BCUT2D eigenvalue weighted by Gasteiger charge is 2.42. The van der Waals surface area contributed by atoms with Gasteiger partial charge in [0.1, 0.15) is 5.54 Å². The fourth-order valence-corrected chi connectivity index (χ4v) is 4.99. The number of ether oxygens (including phenoxy) is 1. The van der Waals surface area contributed by atoms with Crippen LogP contribution in [-0.2, 0) is 20.7 Å². The van der Waals surface area contributed by atoms with Crippen LogP contribution < -0.4 is 5.32 Å². The normalized spacial score (nSPS) is 22.6. The molecular formula is C22H34N2O3S. The van der Waals surface area contributed by atoms with Crippen LogP contribution in [0.1, 0.15) is 70.1 Å². The van der Waals surface area contributed by atoms with Crippen LogP contribution in [0.3, 0.4) is 0 Å². The Morgan fingerprint density at radius 3 is 2.64 bits per heavy atom. The highest BCUT2D eigenvalue weighted by Crippen LogP contribution is 2.27. The highest BCUT2D eigenvalue weighted by molar-refractivity contribution is 7.10. The molecule has 1 N–H and O–H groups in total. The van der Waals surface area contributed by atoms with Crippen LogP contribution >= 0.6 is 11.3 Å². The zero-order valence-electron chi connectivity index (χ0n) is 17.2. The predicted octanol–water partition coefficient (Wildman–Crippen LogP) is 3.92. The second-order valence-electron chi connectivity index (χ2n) is 8.33. The van der Waals surface area contributed by atoms with Crippen molar-refractivity contribution in [3.8, 4) is 0 Å². The van der Waals surface area contributed by atoms with Gasteiger partial charge in [-0.2, -0.15) is 0 Å². The van der Waals surface area contributed by atoms with Gasteiger partial charge in [-0.05, 0) is 50.5 Å². The minimum atomic E-state index is -0.849. The molecular weight excluding hydrogens is 372 g/mol. The van der Waals surface area contributed by atoms with E-state index >= 15 is 0 Å². The number of amides is 2. The molecule has 2 atom stereocenters. The van der Waals surface area contributed by atoms with Crippen molar-refractivity contribution >= 4 is 23.2 Å². The Labute approximate surface area is 172 Å². The SMILES string of the molecule is CC[C@@](C)(C(=O)NC1CCCCC1)N(C[C@@H]1CCCO1)C(=O)Cc1cccs1. The van der Waals surface area contributed by atoms with Gasteiger partial charge in [0.25, 0.3) is 0 Å². The van der Waals surface area contributed by atoms with Gasteiger partial charge in [0.15, 0.2) is 0 Å². The van der Waals surface area contributed by atoms with Crippen molar-refractivity contribution in [2.75, 3.05) is 13.2 Å². The molecule has 0 aromatic carbocycles. The lowest BCUT2D eigenvalue weighted by molar-refractivity contribution is -0.149. The van der Waals surface area contributed by atoms with E-state index in [2.05, 4.69) is 5.32 Å². The standard InChI is InChI=1S/C22H34N2O3S/c1-3-22(2,21(26)23-17-9-5-4-6-10-17)24(16-18-11-7-13-27-18)20(25)15-19-12-8-14-28-19/h8,12,14,17-18H,3-7,9-11,13,15-16H2,1-2H3,(H,23,26)/t18-,22-/m0/s1. The fraction of sp³-hybridized carbons (Fsp3) is 0.727. The number of rotatable bonds is 8. The number of nitrogens with zero attached hydrogens (tertiary/aromatic N) is 1. The Morgan fingerprint density at radius 2 is 2.04 bits per heavy atom. The van der Waals surface area contributed by atoms with E-state index in [1.807, 2.05) is 31.4 Å². The maximum Gasteiger partial charge on any atom is 0.245 e. The van der Waals surface area contributed by atoms with Crippen LogP contribution in [0.15, 0.2) is 17.5 Å². The number of hydrogen-bond donors (Lipinski definition) is 1. The van der Waals surface area contributed by atoms with E-state index in [-0.39, 0.29) is 24.0 Å².